The van der Waals surface area contributed by atoms with Crippen molar-refractivity contribution in [1.82, 2.24) is 4.90 Å². The van der Waals surface area contributed by atoms with E-state index in [9.17, 15) is 10.1 Å². The van der Waals surface area contributed by atoms with Gasteiger partial charge in [0.2, 0.25) is 0 Å². The Morgan fingerprint density at radius 2 is 2.05 bits per heavy atom. The fourth-order valence-corrected chi connectivity index (χ4v) is 2.52. The number of piperidine rings is 1. The quantitative estimate of drug-likeness (QED) is 0.538. The molecule has 0 N–H and O–H groups in total. The maximum atomic E-state index is 11.9. The first-order valence-electron chi connectivity index (χ1n) is 6.11. The molecule has 1 rings (SSSR count). The van der Waals surface area contributed by atoms with Crippen LogP contribution in [0.15, 0.2) is 0 Å². The van der Waals surface area contributed by atoms with E-state index in [0.717, 1.165) is 0 Å². The van der Waals surface area contributed by atoms with Crippen molar-refractivity contribution in [1.29, 1.82) is 5.26 Å². The molecule has 1 saturated heterocycles. The van der Waals surface area contributed by atoms with Crippen molar-refractivity contribution in [2.75, 3.05) is 19.7 Å². The summed E-state index contributed by atoms with van der Waals surface area (Å²) in [5.74, 6) is 0. The van der Waals surface area contributed by atoms with Crippen LogP contribution in [0.3, 0.4) is 0 Å². The summed E-state index contributed by atoms with van der Waals surface area (Å²) in [7, 11) is 1.24. The molecule has 1 aliphatic rings. The van der Waals surface area contributed by atoms with Crippen molar-refractivity contribution in [3.8, 4) is 6.07 Å². The molecular weight excluding hydrogens is 379 g/mol. The van der Waals surface area contributed by atoms with Crippen molar-refractivity contribution in [3.63, 3.8) is 0 Å². The van der Waals surface area contributed by atoms with Crippen LogP contribution >= 0.6 is 30.4 Å². The molecule has 5 nitrogen and oxygen atoms in total. The first-order chi connectivity index (χ1) is 8.82. The maximum absolute atomic E-state index is 11.9. The van der Waals surface area contributed by atoms with Gasteiger partial charge in [-0.15, -0.1) is 0 Å². The number of rotatable bonds is 3. The lowest BCUT2D eigenvalue weighted by molar-refractivity contribution is 0.0117. The summed E-state index contributed by atoms with van der Waals surface area (Å²) in [5, 5.41) is 9.30. The van der Waals surface area contributed by atoms with Gasteiger partial charge in [-0.3, -0.25) is 0 Å². The molecule has 0 radical (unpaired) electrons. The van der Waals surface area contributed by atoms with Crippen molar-refractivity contribution in [2.45, 2.75) is 39.2 Å². The minimum absolute atomic E-state index is 0.303. The summed E-state index contributed by atoms with van der Waals surface area (Å²) in [6, 6.07) is 2.34. The first-order valence-corrected chi connectivity index (χ1v) is 9.40. The highest BCUT2D eigenvalue weighted by Gasteiger charge is 2.37. The molecule has 1 amide bonds. The van der Waals surface area contributed by atoms with Crippen molar-refractivity contribution in [3.05, 3.63) is 0 Å². The number of nitriles is 1. The molecule has 0 aromatic carbocycles. The van der Waals surface area contributed by atoms with Crippen LogP contribution in [0.4, 0.5) is 4.79 Å². The van der Waals surface area contributed by atoms with Gasteiger partial charge in [0.15, 0.2) is 0 Å². The molecule has 0 aromatic heterocycles. The van der Waals surface area contributed by atoms with E-state index in [0.29, 0.717) is 32.5 Å². The molecule has 0 aromatic rings. The van der Waals surface area contributed by atoms with Crippen LogP contribution in [0.2, 0.25) is 0 Å². The second-order valence-corrected chi connectivity index (χ2v) is 7.13. The van der Waals surface area contributed by atoms with E-state index in [1.54, 1.807) is 4.90 Å². The maximum Gasteiger partial charge on any atom is 0.410 e. The van der Waals surface area contributed by atoms with Gasteiger partial charge in [-0.2, -0.15) is 5.26 Å². The number of hydrogen-bond acceptors (Lipinski definition) is 5. The number of halogens is 1. The first kappa shape index (κ1) is 16.9. The fourth-order valence-electron chi connectivity index (χ4n) is 1.87. The Balaban J connectivity index is 2.52. The monoisotopic (exact) mass is 398 g/mol. The Bertz CT molecular complexity index is 357. The van der Waals surface area contributed by atoms with Gasteiger partial charge >= 0.3 is 6.09 Å². The van der Waals surface area contributed by atoms with Gasteiger partial charge in [0, 0.05) is 34.3 Å². The van der Waals surface area contributed by atoms with E-state index in [1.165, 1.54) is 9.21 Å². The second-order valence-electron chi connectivity index (χ2n) is 5.68. The van der Waals surface area contributed by atoms with Crippen LogP contribution in [-0.4, -0.2) is 36.3 Å². The van der Waals surface area contributed by atoms with E-state index in [4.69, 9.17) is 8.92 Å². The molecular formula is C12H19IN2O3S. The summed E-state index contributed by atoms with van der Waals surface area (Å²) in [4.78, 5) is 13.6. The number of carbonyl (C=O) groups excluding carboxylic acids is 1. The molecule has 0 unspecified atom stereocenters. The lowest BCUT2D eigenvalue weighted by atomic mass is 9.81. The predicted molar refractivity (Wildman–Crippen MR) is 82.7 cm³/mol. The lowest BCUT2D eigenvalue weighted by Gasteiger charge is -2.37. The van der Waals surface area contributed by atoms with Gasteiger partial charge < -0.3 is 13.8 Å². The second kappa shape index (κ2) is 6.99. The zero-order chi connectivity index (χ0) is 14.5. The SMILES string of the molecule is CC(C)(C)OC(=O)N1CCC(C#N)(COSI)CC1. The zero-order valence-electron chi connectivity index (χ0n) is 11.4. The van der Waals surface area contributed by atoms with Crippen LogP contribution in [0.1, 0.15) is 33.6 Å². The van der Waals surface area contributed by atoms with Gasteiger partial charge in [0.25, 0.3) is 0 Å². The largest absolute Gasteiger partial charge is 0.444 e. The van der Waals surface area contributed by atoms with Gasteiger partial charge in [-0.25, -0.2) is 4.79 Å². The third-order valence-corrected chi connectivity index (χ3v) is 3.96. The normalized spacial score (nSPS) is 18.8. The molecule has 0 atom stereocenters. The van der Waals surface area contributed by atoms with Crippen LogP contribution in [-0.2, 0) is 8.92 Å². The summed E-state index contributed by atoms with van der Waals surface area (Å²) >= 11 is 2.04. The number of carbonyl (C=O) groups is 1. The summed E-state index contributed by atoms with van der Waals surface area (Å²) in [5.41, 5.74) is -0.960. The Hall–Kier alpha value is -0.200. The van der Waals surface area contributed by atoms with Crippen molar-refractivity contribution < 1.29 is 13.7 Å². The smallest absolute Gasteiger partial charge is 0.410 e. The Morgan fingerprint density at radius 3 is 2.47 bits per heavy atom. The van der Waals surface area contributed by atoms with E-state index in [-0.39, 0.29) is 6.09 Å². The predicted octanol–water partition coefficient (Wildman–Crippen LogP) is 3.54. The third-order valence-electron chi connectivity index (χ3n) is 2.99. The average Bonchev–Trinajstić information content (AvgIpc) is 2.35. The van der Waals surface area contributed by atoms with Crippen molar-refractivity contribution in [2.24, 2.45) is 5.41 Å². The number of nitrogens with zero attached hydrogens (tertiary/aromatic N) is 2. The molecule has 7 heteroatoms. The Kier molecular flexibility index (Phi) is 6.20. The Labute approximate surface area is 130 Å². The van der Waals surface area contributed by atoms with E-state index >= 15 is 0 Å². The van der Waals surface area contributed by atoms with E-state index in [1.807, 2.05) is 42.0 Å². The molecule has 0 aliphatic carbocycles. The van der Waals surface area contributed by atoms with E-state index in [2.05, 4.69) is 6.07 Å². The van der Waals surface area contributed by atoms with Gasteiger partial charge in [-0.1, -0.05) is 0 Å². The van der Waals surface area contributed by atoms with E-state index < -0.39 is 11.0 Å². The molecule has 1 fully saturated rings. The molecule has 19 heavy (non-hydrogen) atoms. The topological polar surface area (TPSA) is 62.6 Å². The fraction of sp³-hybridized carbons (Fsp3) is 0.833. The number of ether oxygens (including phenoxy) is 1. The molecule has 1 aliphatic heterocycles. The average molecular weight is 398 g/mol. The van der Waals surface area contributed by atoms with Gasteiger partial charge in [0.05, 0.1) is 27.3 Å². The van der Waals surface area contributed by atoms with Crippen LogP contribution < -0.4 is 0 Å². The zero-order valence-corrected chi connectivity index (χ0v) is 14.4. The molecule has 0 bridgehead atoms. The van der Waals surface area contributed by atoms with Gasteiger partial charge in [-0.05, 0) is 33.6 Å². The number of likely N-dealkylation sites (tertiary alicyclic amines) is 1. The highest BCUT2D eigenvalue weighted by molar-refractivity contribution is 14.2. The summed E-state index contributed by atoms with van der Waals surface area (Å²) in [6.07, 6.45) is 0.947. The van der Waals surface area contributed by atoms with Crippen LogP contribution in [0.25, 0.3) is 0 Å². The van der Waals surface area contributed by atoms with Crippen LogP contribution in [0.5, 0.6) is 0 Å². The number of amides is 1. The molecule has 0 spiro atoms. The minimum atomic E-state index is -0.484. The highest BCUT2D eigenvalue weighted by Crippen LogP contribution is 2.33. The molecule has 1 heterocycles. The molecule has 0 saturated carbocycles. The summed E-state index contributed by atoms with van der Waals surface area (Å²) in [6.45, 7) is 7.02. The Morgan fingerprint density at radius 1 is 1.47 bits per heavy atom. The minimum Gasteiger partial charge on any atom is -0.444 e. The number of hydrogen-bond donors (Lipinski definition) is 0. The van der Waals surface area contributed by atoms with Crippen LogP contribution in [0, 0.1) is 16.7 Å². The standard InChI is InChI=1S/C12H19IN2O3S/c1-11(2,3)18-10(16)15-6-4-12(8-14,5-7-15)9-17-19-13/h4-7,9H2,1-3H3. The lowest BCUT2D eigenvalue weighted by Crippen LogP contribution is -2.46. The summed E-state index contributed by atoms with van der Waals surface area (Å²) < 4.78 is 10.6. The van der Waals surface area contributed by atoms with Gasteiger partial charge in [0.1, 0.15) is 5.60 Å². The molecule has 108 valence electrons. The third kappa shape index (κ3) is 5.36. The highest BCUT2D eigenvalue weighted by atomic mass is 127. The van der Waals surface area contributed by atoms with Crippen molar-refractivity contribution >= 4 is 36.5 Å².